The molecule has 68 heavy (non-hydrogen) atoms. The molecule has 0 aliphatic heterocycles. The molecule has 14 rings (SSSR count). The molecule has 4 aliphatic carbocycles. The van der Waals surface area contributed by atoms with Gasteiger partial charge in [0.15, 0.2) is 0 Å². The van der Waals surface area contributed by atoms with Gasteiger partial charge in [0, 0.05) is 44.3 Å². The van der Waals surface area contributed by atoms with Crippen molar-refractivity contribution in [1.29, 1.82) is 0 Å². The normalized spacial score (nSPS) is 21.8. The average molecular weight is 1070 g/mol. The van der Waals surface area contributed by atoms with Crippen LogP contribution in [0.15, 0.2) is 170 Å². The maximum atomic E-state index is 9.18. The summed E-state index contributed by atoms with van der Waals surface area (Å²) in [6.07, 6.45) is 12.4. The Balaban J connectivity index is 0.00000609. The largest absolute Gasteiger partial charge is 0.510 e. The number of benzene rings is 7. The predicted molar refractivity (Wildman–Crippen MR) is 269 cm³/mol. The summed E-state index contributed by atoms with van der Waals surface area (Å²) in [6, 6.07) is 35.6. The van der Waals surface area contributed by atoms with Gasteiger partial charge >= 0.3 is 0 Å². The number of imidazole rings is 1. The van der Waals surface area contributed by atoms with Crippen LogP contribution in [0.1, 0.15) is 84.1 Å². The predicted octanol–water partition coefficient (Wildman–Crippen LogP) is 14.7. The van der Waals surface area contributed by atoms with E-state index in [1.165, 1.54) is 19.3 Å². The Kier molecular flexibility index (Phi) is 8.06. The zero-order chi connectivity index (χ0) is 53.6. The van der Waals surface area contributed by atoms with E-state index in [0.717, 1.165) is 58.0 Å². The fourth-order valence-electron chi connectivity index (χ4n) is 12.1. The van der Waals surface area contributed by atoms with Crippen LogP contribution in [0, 0.1) is 36.2 Å². The molecule has 3 heterocycles. The summed E-state index contributed by atoms with van der Waals surface area (Å²) >= 11 is 0. The summed E-state index contributed by atoms with van der Waals surface area (Å²) in [4.78, 5) is 4.89. The minimum absolute atomic E-state index is 0. The quantitative estimate of drug-likeness (QED) is 0.112. The van der Waals surface area contributed by atoms with Crippen LogP contribution in [-0.4, -0.2) is 14.1 Å². The van der Waals surface area contributed by atoms with E-state index in [-0.39, 0.29) is 59.8 Å². The maximum Gasteiger partial charge on any atom is 0.268 e. The third-order valence-corrected chi connectivity index (χ3v) is 14.7. The fraction of sp³-hybridized carbons (Fsp3) is 0.226. The smallest absolute Gasteiger partial charge is 0.268 e. The Hall–Kier alpha value is -6.55. The number of hydrogen-bond donors (Lipinski definition) is 0. The first-order valence-corrected chi connectivity index (χ1v) is 23.3. The van der Waals surface area contributed by atoms with Crippen LogP contribution in [0.4, 0.5) is 0 Å². The molecule has 0 N–H and O–H groups in total. The first-order valence-electron chi connectivity index (χ1n) is 28.3. The van der Waals surface area contributed by atoms with E-state index in [2.05, 4.69) is 86.3 Å². The van der Waals surface area contributed by atoms with Gasteiger partial charge in [0.05, 0.1) is 30.4 Å². The van der Waals surface area contributed by atoms with Gasteiger partial charge in [-0.3, -0.25) is 4.57 Å². The molecule has 5 nitrogen and oxygen atoms in total. The van der Waals surface area contributed by atoms with Crippen molar-refractivity contribution in [2.75, 3.05) is 0 Å². The summed E-state index contributed by atoms with van der Waals surface area (Å²) < 4.78 is 101. The SMILES string of the molecule is [2H]c1c([2H])c([2H])c(-c2cccc(-c3c([2H])c([2H])c([2H])c([2H])c3[2H])c2-[n+]2[c-]n(-c3[c-]c(Oc4[c-]c5c(cc4)c4ccccc4n5-c4cc(C(C)(C)C)ccn4)cc(C45CC6CC(CC(C6)C4)C5)c3)c3ccccc32)c([2H])c1[2H].[Pt]. The van der Waals surface area contributed by atoms with Gasteiger partial charge in [-0.25, -0.2) is 4.98 Å². The summed E-state index contributed by atoms with van der Waals surface area (Å²) in [5.74, 6) is 3.67. The number of nitrogens with zero attached hydrogens (tertiary/aromatic N) is 4. The van der Waals surface area contributed by atoms with E-state index < -0.39 is 60.4 Å². The van der Waals surface area contributed by atoms with Gasteiger partial charge in [-0.1, -0.05) is 147 Å². The van der Waals surface area contributed by atoms with Crippen LogP contribution in [0.25, 0.3) is 72.3 Å². The van der Waals surface area contributed by atoms with Gasteiger partial charge in [0.2, 0.25) is 0 Å². The van der Waals surface area contributed by atoms with Crippen LogP contribution in [0.3, 0.4) is 0 Å². The molecule has 4 bridgehead atoms. The third kappa shape index (κ3) is 7.24. The molecule has 7 aromatic carbocycles. The van der Waals surface area contributed by atoms with Gasteiger partial charge in [0.25, 0.3) is 6.33 Å². The van der Waals surface area contributed by atoms with Gasteiger partial charge in [-0.2, -0.15) is 17.7 Å². The molecular formula is C62H52N4OPt-2. The van der Waals surface area contributed by atoms with Crippen molar-refractivity contribution in [2.45, 2.75) is 70.1 Å². The van der Waals surface area contributed by atoms with Crippen LogP contribution >= 0.6 is 0 Å². The van der Waals surface area contributed by atoms with Gasteiger partial charge in [-0.15, -0.1) is 29.7 Å². The van der Waals surface area contributed by atoms with Crippen molar-refractivity contribution in [1.82, 2.24) is 14.1 Å². The summed E-state index contributed by atoms with van der Waals surface area (Å²) in [7, 11) is 0. The Morgan fingerprint density at radius 2 is 1.32 bits per heavy atom. The average Bonchev–Trinajstić information content (AvgIpc) is 4.14. The molecule has 0 unspecified atom stereocenters. The number of pyridine rings is 1. The number of hydrogen-bond acceptors (Lipinski definition) is 2. The number of para-hydroxylation sites is 4. The minimum atomic E-state index is -0.557. The molecule has 3 aromatic heterocycles. The Morgan fingerprint density at radius 1 is 0.676 bits per heavy atom. The molecule has 6 heteroatoms. The number of ether oxygens (including phenoxy) is 1. The van der Waals surface area contributed by atoms with E-state index in [9.17, 15) is 5.48 Å². The molecule has 4 saturated carbocycles. The molecule has 0 spiro atoms. The van der Waals surface area contributed by atoms with Crippen molar-refractivity contribution in [3.63, 3.8) is 0 Å². The Bertz CT molecular complexity index is 3960. The van der Waals surface area contributed by atoms with Crippen LogP contribution in [0.2, 0.25) is 0 Å². The van der Waals surface area contributed by atoms with Crippen molar-refractivity contribution in [2.24, 2.45) is 17.8 Å². The molecule has 4 aliphatic rings. The number of rotatable bonds is 8. The van der Waals surface area contributed by atoms with E-state index >= 15 is 0 Å². The van der Waals surface area contributed by atoms with Crippen LogP contribution < -0.4 is 9.30 Å². The molecule has 0 amide bonds. The molecule has 0 radical (unpaired) electrons. The van der Waals surface area contributed by atoms with Crippen molar-refractivity contribution in [3.8, 4) is 50.9 Å². The molecule has 0 atom stereocenters. The number of fused-ring (bicyclic) bond motifs is 4. The van der Waals surface area contributed by atoms with Gasteiger partial charge in [0.1, 0.15) is 5.82 Å². The molecule has 338 valence electrons. The van der Waals surface area contributed by atoms with E-state index in [1.54, 1.807) is 22.8 Å². The number of aromatic nitrogens is 4. The van der Waals surface area contributed by atoms with Gasteiger partial charge < -0.3 is 13.9 Å². The van der Waals surface area contributed by atoms with Crippen molar-refractivity contribution >= 4 is 32.8 Å². The second kappa shape index (κ2) is 16.6. The van der Waals surface area contributed by atoms with E-state index in [4.69, 9.17) is 17.9 Å². The Labute approximate surface area is 427 Å². The molecule has 10 aromatic rings. The zero-order valence-electron chi connectivity index (χ0n) is 47.9. The van der Waals surface area contributed by atoms with E-state index in [0.29, 0.717) is 46.0 Å². The summed E-state index contributed by atoms with van der Waals surface area (Å²) in [5.41, 5.74) is 6.10. The van der Waals surface area contributed by atoms with Crippen molar-refractivity contribution in [3.05, 3.63) is 199 Å². The Morgan fingerprint density at radius 3 is 2.00 bits per heavy atom. The second-order valence-electron chi connectivity index (χ2n) is 20.0. The third-order valence-electron chi connectivity index (χ3n) is 14.7. The summed E-state index contributed by atoms with van der Waals surface area (Å²) in [5, 5.41) is 2.07. The first-order chi connectivity index (χ1) is 36.9. The standard InChI is InChI=1S/C62H52N4O.Pt/c1-61(2,3)46-27-28-63-59(34-46)66-55-22-11-10-19-53(55)54-26-25-49(36-58(54)66)67-50-33-47(62-37-41-29-42(38-62)31-43(30-41)39-62)32-48(35-50)64-40-65(57-24-13-12-23-56(57)64)60-51(44-15-6-4-7-16-44)20-14-21-52(60)45-17-8-5-9-18-45;/h4-28,32-34,41-43H,29-31,37-39H2,1-3H3;/q-2;/i4D,5D,6D,7D,8D,9D,15D,16D,17D,18D;. The topological polar surface area (TPSA) is 35.9 Å². The maximum absolute atomic E-state index is 9.18. The summed E-state index contributed by atoms with van der Waals surface area (Å²) in [6.45, 7) is 6.58. The zero-order valence-corrected chi connectivity index (χ0v) is 40.2. The minimum Gasteiger partial charge on any atom is -0.510 e. The fourth-order valence-corrected chi connectivity index (χ4v) is 12.1. The van der Waals surface area contributed by atoms with Crippen LogP contribution in [-0.2, 0) is 31.9 Å². The molecule has 0 saturated heterocycles. The van der Waals surface area contributed by atoms with E-state index in [1.807, 2.05) is 53.2 Å². The van der Waals surface area contributed by atoms with Crippen molar-refractivity contribution < 1.29 is 44.1 Å². The second-order valence-corrected chi connectivity index (χ2v) is 20.0. The molecular weight excluding hydrogens is 1010 g/mol. The first kappa shape index (κ1) is 33.0. The van der Waals surface area contributed by atoms with Crippen LogP contribution in [0.5, 0.6) is 11.5 Å². The van der Waals surface area contributed by atoms with Gasteiger partial charge in [-0.05, 0) is 124 Å². The molecule has 4 fully saturated rings. The monoisotopic (exact) mass is 1070 g/mol.